The lowest BCUT2D eigenvalue weighted by molar-refractivity contribution is -0.133. The molecule has 0 aliphatic carbocycles. The lowest BCUT2D eigenvalue weighted by Gasteiger charge is -2.32. The number of carbonyl (C=O) groups is 1. The van der Waals surface area contributed by atoms with Gasteiger partial charge < -0.3 is 4.90 Å². The van der Waals surface area contributed by atoms with Gasteiger partial charge in [-0.3, -0.25) is 14.5 Å². The van der Waals surface area contributed by atoms with E-state index in [0.717, 1.165) is 19.3 Å². The molecule has 0 aromatic carbocycles. The Hall–Kier alpha value is -2.31. The van der Waals surface area contributed by atoms with Crippen molar-refractivity contribution in [1.29, 1.82) is 0 Å². The number of amides is 1. The molecule has 0 radical (unpaired) electrons. The van der Waals surface area contributed by atoms with Crippen molar-refractivity contribution in [3.8, 4) is 0 Å². The number of likely N-dealkylation sites (tertiary alicyclic amines) is 1. The summed E-state index contributed by atoms with van der Waals surface area (Å²) >= 11 is 0. The Morgan fingerprint density at radius 3 is 2.71 bits per heavy atom. The second-order valence-electron chi connectivity index (χ2n) is 6.13. The summed E-state index contributed by atoms with van der Waals surface area (Å²) in [5.74, 6) is 0.479. The Kier molecular flexibility index (Phi) is 5.17. The molecule has 0 bridgehead atoms. The third-order valence-electron chi connectivity index (χ3n) is 4.40. The van der Waals surface area contributed by atoms with Crippen LogP contribution in [0, 0.1) is 5.92 Å². The Bertz CT molecular complexity index is 666. The van der Waals surface area contributed by atoms with Crippen molar-refractivity contribution < 1.29 is 13.6 Å². The second kappa shape index (κ2) is 7.51. The fourth-order valence-electron chi connectivity index (χ4n) is 3.06. The molecule has 3 heterocycles. The first-order chi connectivity index (χ1) is 11.6. The molecule has 7 heteroatoms. The molecule has 2 aromatic rings. The summed E-state index contributed by atoms with van der Waals surface area (Å²) in [6, 6.07) is 5.26. The third-order valence-corrected chi connectivity index (χ3v) is 4.40. The minimum absolute atomic E-state index is 0.0139. The van der Waals surface area contributed by atoms with Crippen LogP contribution in [0.5, 0.6) is 0 Å². The van der Waals surface area contributed by atoms with E-state index >= 15 is 0 Å². The van der Waals surface area contributed by atoms with Crippen molar-refractivity contribution in [2.75, 3.05) is 13.1 Å². The number of pyridine rings is 1. The van der Waals surface area contributed by atoms with Gasteiger partial charge in [-0.15, -0.1) is 0 Å². The minimum Gasteiger partial charge on any atom is -0.341 e. The average Bonchev–Trinajstić information content (AvgIpc) is 3.05. The minimum atomic E-state index is -2.61. The van der Waals surface area contributed by atoms with Crippen LogP contribution in [0.15, 0.2) is 36.8 Å². The fraction of sp³-hybridized carbons (Fsp3) is 0.471. The predicted octanol–water partition coefficient (Wildman–Crippen LogP) is 2.70. The van der Waals surface area contributed by atoms with E-state index in [9.17, 15) is 13.6 Å². The fourth-order valence-corrected chi connectivity index (χ4v) is 3.06. The smallest absolute Gasteiger partial charge is 0.282 e. The van der Waals surface area contributed by atoms with Gasteiger partial charge in [0.2, 0.25) is 5.91 Å². The van der Waals surface area contributed by atoms with Crippen LogP contribution >= 0.6 is 0 Å². The highest BCUT2D eigenvalue weighted by Gasteiger charge is 2.23. The molecular formula is C17H20F2N4O. The normalized spacial score (nSPS) is 15.9. The highest BCUT2D eigenvalue weighted by Crippen LogP contribution is 2.22. The Morgan fingerprint density at radius 1 is 1.29 bits per heavy atom. The van der Waals surface area contributed by atoms with Crippen LogP contribution < -0.4 is 0 Å². The number of hydrogen-bond acceptors (Lipinski definition) is 3. The lowest BCUT2D eigenvalue weighted by atomic mass is 9.91. The SMILES string of the molecule is O=C(Cn1ccc(C(F)F)n1)N1CCC(Cc2cccnc2)CC1. The van der Waals surface area contributed by atoms with Gasteiger partial charge in [0.1, 0.15) is 12.2 Å². The van der Waals surface area contributed by atoms with Crippen molar-refractivity contribution in [2.45, 2.75) is 32.2 Å². The van der Waals surface area contributed by atoms with E-state index < -0.39 is 6.43 Å². The van der Waals surface area contributed by atoms with Crippen LogP contribution in [-0.2, 0) is 17.8 Å². The predicted molar refractivity (Wildman–Crippen MR) is 84.4 cm³/mol. The molecule has 3 rings (SSSR count). The quantitative estimate of drug-likeness (QED) is 0.845. The van der Waals surface area contributed by atoms with Gasteiger partial charge in [0.15, 0.2) is 0 Å². The number of carbonyl (C=O) groups excluding carboxylic acids is 1. The Labute approximate surface area is 139 Å². The maximum absolute atomic E-state index is 12.5. The first-order valence-corrected chi connectivity index (χ1v) is 8.10. The largest absolute Gasteiger partial charge is 0.341 e. The molecule has 0 N–H and O–H groups in total. The topological polar surface area (TPSA) is 51.0 Å². The summed E-state index contributed by atoms with van der Waals surface area (Å²) in [4.78, 5) is 18.2. The van der Waals surface area contributed by atoms with E-state index in [1.54, 1.807) is 11.1 Å². The highest BCUT2D eigenvalue weighted by molar-refractivity contribution is 5.76. The number of aromatic nitrogens is 3. The van der Waals surface area contributed by atoms with Crippen molar-refractivity contribution in [1.82, 2.24) is 19.7 Å². The van der Waals surface area contributed by atoms with E-state index in [-0.39, 0.29) is 18.1 Å². The maximum Gasteiger partial charge on any atom is 0.282 e. The molecule has 0 unspecified atom stereocenters. The molecular weight excluding hydrogens is 314 g/mol. The van der Waals surface area contributed by atoms with Crippen LogP contribution in [-0.4, -0.2) is 38.7 Å². The van der Waals surface area contributed by atoms with Crippen LogP contribution in [0.1, 0.15) is 30.5 Å². The van der Waals surface area contributed by atoms with Gasteiger partial charge in [-0.25, -0.2) is 8.78 Å². The van der Waals surface area contributed by atoms with Gasteiger partial charge in [-0.05, 0) is 42.9 Å². The number of halogens is 2. The zero-order chi connectivity index (χ0) is 16.9. The lowest BCUT2D eigenvalue weighted by Crippen LogP contribution is -2.40. The van der Waals surface area contributed by atoms with Crippen molar-refractivity contribution in [2.24, 2.45) is 5.92 Å². The molecule has 0 spiro atoms. The molecule has 0 saturated carbocycles. The molecule has 1 fully saturated rings. The molecule has 1 amide bonds. The Balaban J connectivity index is 1.48. The van der Waals surface area contributed by atoms with Crippen molar-refractivity contribution in [3.63, 3.8) is 0 Å². The van der Waals surface area contributed by atoms with Gasteiger partial charge >= 0.3 is 0 Å². The molecule has 1 saturated heterocycles. The van der Waals surface area contributed by atoms with E-state index in [1.165, 1.54) is 22.5 Å². The zero-order valence-corrected chi connectivity index (χ0v) is 13.3. The summed E-state index contributed by atoms with van der Waals surface area (Å²) in [5, 5.41) is 3.73. The van der Waals surface area contributed by atoms with E-state index in [2.05, 4.69) is 16.1 Å². The van der Waals surface area contributed by atoms with E-state index in [1.807, 2.05) is 12.3 Å². The number of nitrogens with zero attached hydrogens (tertiary/aromatic N) is 4. The Morgan fingerprint density at radius 2 is 2.08 bits per heavy atom. The maximum atomic E-state index is 12.5. The number of hydrogen-bond donors (Lipinski definition) is 0. The summed E-state index contributed by atoms with van der Waals surface area (Å²) in [6.07, 6.45) is 5.34. The summed E-state index contributed by atoms with van der Waals surface area (Å²) in [6.45, 7) is 1.42. The van der Waals surface area contributed by atoms with Gasteiger partial charge in [-0.1, -0.05) is 6.07 Å². The van der Waals surface area contributed by atoms with Crippen LogP contribution in [0.3, 0.4) is 0 Å². The van der Waals surface area contributed by atoms with Gasteiger partial charge in [0.05, 0.1) is 0 Å². The van der Waals surface area contributed by atoms with Gasteiger partial charge in [0.25, 0.3) is 6.43 Å². The third kappa shape index (κ3) is 4.15. The summed E-state index contributed by atoms with van der Waals surface area (Å²) in [7, 11) is 0. The van der Waals surface area contributed by atoms with Gasteiger partial charge in [0, 0.05) is 31.7 Å². The first kappa shape index (κ1) is 16.5. The van der Waals surface area contributed by atoms with Crippen LogP contribution in [0.4, 0.5) is 8.78 Å². The zero-order valence-electron chi connectivity index (χ0n) is 13.3. The molecule has 128 valence electrons. The standard InChI is InChI=1S/C17H20F2N4O/c18-17(19)15-5-9-23(21-15)12-16(24)22-7-3-13(4-8-22)10-14-2-1-6-20-11-14/h1-2,5-6,9,11,13,17H,3-4,7-8,10,12H2. The number of alkyl halides is 2. The summed E-state index contributed by atoms with van der Waals surface area (Å²) in [5.41, 5.74) is 0.927. The van der Waals surface area contributed by atoms with Crippen LogP contribution in [0.25, 0.3) is 0 Å². The molecule has 2 aromatic heterocycles. The van der Waals surface area contributed by atoms with Crippen LogP contribution in [0.2, 0.25) is 0 Å². The molecule has 1 aliphatic heterocycles. The highest BCUT2D eigenvalue weighted by atomic mass is 19.3. The van der Waals surface area contributed by atoms with E-state index in [4.69, 9.17) is 0 Å². The average molecular weight is 334 g/mol. The number of rotatable bonds is 5. The molecule has 24 heavy (non-hydrogen) atoms. The summed E-state index contributed by atoms with van der Waals surface area (Å²) < 4.78 is 26.3. The number of piperidine rings is 1. The molecule has 5 nitrogen and oxygen atoms in total. The van der Waals surface area contributed by atoms with E-state index in [0.29, 0.717) is 19.0 Å². The monoisotopic (exact) mass is 334 g/mol. The van der Waals surface area contributed by atoms with Gasteiger partial charge in [-0.2, -0.15) is 5.10 Å². The van der Waals surface area contributed by atoms with Crippen molar-refractivity contribution >= 4 is 5.91 Å². The molecule has 1 aliphatic rings. The second-order valence-corrected chi connectivity index (χ2v) is 6.13. The first-order valence-electron chi connectivity index (χ1n) is 8.10. The van der Waals surface area contributed by atoms with Crippen molar-refractivity contribution in [3.05, 3.63) is 48.0 Å². The molecule has 0 atom stereocenters.